The Morgan fingerprint density at radius 2 is 2.00 bits per heavy atom. The maximum absolute atomic E-state index is 12.3. The summed E-state index contributed by atoms with van der Waals surface area (Å²) in [4.78, 5) is 4.13. The van der Waals surface area contributed by atoms with Gasteiger partial charge in [-0.25, -0.2) is 13.4 Å². The molecule has 0 atom stereocenters. The van der Waals surface area contributed by atoms with Crippen LogP contribution in [0.2, 0.25) is 0 Å². The number of hydrogen-bond acceptors (Lipinski definition) is 4. The smallest absolute Gasteiger partial charge is 0.246 e. The van der Waals surface area contributed by atoms with Crippen LogP contribution in [-0.2, 0) is 10.0 Å². The predicted octanol–water partition coefficient (Wildman–Crippen LogP) is 1.86. The zero-order valence-corrected chi connectivity index (χ0v) is 10.6. The molecule has 17 heavy (non-hydrogen) atoms. The molecule has 0 bridgehead atoms. The first kappa shape index (κ1) is 12.1. The number of fused-ring (bicyclic) bond motifs is 1. The minimum Gasteiger partial charge on any atom is -0.442 e. The molecule has 0 unspecified atom stereocenters. The molecule has 1 heterocycles. The fourth-order valence-electron chi connectivity index (χ4n) is 1.77. The lowest BCUT2D eigenvalue weighted by atomic mass is 10.3. The number of sulfonamides is 1. The minimum atomic E-state index is -3.50. The molecule has 0 saturated carbocycles. The van der Waals surface area contributed by atoms with Gasteiger partial charge in [0.15, 0.2) is 12.0 Å². The summed E-state index contributed by atoms with van der Waals surface area (Å²) in [6.45, 7) is 4.48. The van der Waals surface area contributed by atoms with Crippen molar-refractivity contribution in [2.75, 3.05) is 13.1 Å². The van der Waals surface area contributed by atoms with Crippen LogP contribution in [0.5, 0.6) is 0 Å². The van der Waals surface area contributed by atoms with Crippen LogP contribution in [-0.4, -0.2) is 30.8 Å². The van der Waals surface area contributed by atoms with Crippen molar-refractivity contribution in [3.05, 3.63) is 24.6 Å². The van der Waals surface area contributed by atoms with E-state index in [1.165, 1.54) is 10.7 Å². The number of benzene rings is 1. The first-order valence-electron chi connectivity index (χ1n) is 5.43. The highest BCUT2D eigenvalue weighted by Gasteiger charge is 2.25. The van der Waals surface area contributed by atoms with Gasteiger partial charge in [0.05, 0.1) is 0 Å². The minimum absolute atomic E-state index is 0.177. The van der Waals surface area contributed by atoms with E-state index in [1.807, 2.05) is 13.8 Å². The molecule has 2 aromatic rings. The van der Waals surface area contributed by atoms with Crippen LogP contribution >= 0.6 is 0 Å². The van der Waals surface area contributed by atoms with Crippen molar-refractivity contribution in [1.82, 2.24) is 9.29 Å². The summed E-state index contributed by atoms with van der Waals surface area (Å²) in [5.41, 5.74) is 0.873. The van der Waals surface area contributed by atoms with Crippen LogP contribution in [0.4, 0.5) is 0 Å². The van der Waals surface area contributed by atoms with E-state index in [0.717, 1.165) is 0 Å². The maximum Gasteiger partial charge on any atom is 0.246 e. The zero-order chi connectivity index (χ0) is 12.5. The number of oxazole rings is 1. The van der Waals surface area contributed by atoms with Gasteiger partial charge in [-0.3, -0.25) is 0 Å². The van der Waals surface area contributed by atoms with Crippen molar-refractivity contribution < 1.29 is 12.8 Å². The fourth-order valence-corrected chi connectivity index (χ4v) is 3.36. The summed E-state index contributed by atoms with van der Waals surface area (Å²) < 4.78 is 31.2. The molecule has 6 heteroatoms. The Morgan fingerprint density at radius 3 is 2.65 bits per heavy atom. The van der Waals surface area contributed by atoms with E-state index in [4.69, 9.17) is 4.42 Å². The number of aromatic nitrogens is 1. The van der Waals surface area contributed by atoms with Crippen LogP contribution in [0.25, 0.3) is 11.1 Å². The van der Waals surface area contributed by atoms with Gasteiger partial charge in [-0.2, -0.15) is 4.31 Å². The van der Waals surface area contributed by atoms with Crippen LogP contribution < -0.4 is 0 Å². The van der Waals surface area contributed by atoms with Gasteiger partial charge in [0.2, 0.25) is 10.0 Å². The van der Waals surface area contributed by atoms with Gasteiger partial charge in [-0.1, -0.05) is 19.9 Å². The highest BCUT2D eigenvalue weighted by Crippen LogP contribution is 2.24. The standard InChI is InChI=1S/C11H14N2O3S/c1-3-13(4-2)17(14,15)10-7-5-6-9-11(10)16-8-12-9/h5-8H,3-4H2,1-2H3. The third-order valence-electron chi connectivity index (χ3n) is 2.64. The van der Waals surface area contributed by atoms with Crippen LogP contribution in [0.3, 0.4) is 0 Å². The quantitative estimate of drug-likeness (QED) is 0.835. The van der Waals surface area contributed by atoms with Crippen LogP contribution in [0.1, 0.15) is 13.8 Å². The number of para-hydroxylation sites is 1. The van der Waals surface area contributed by atoms with Crippen molar-refractivity contribution >= 4 is 21.1 Å². The Labute approximate surface area is 100 Å². The van der Waals surface area contributed by atoms with E-state index in [-0.39, 0.29) is 4.90 Å². The number of rotatable bonds is 4. The second-order valence-electron chi connectivity index (χ2n) is 3.55. The maximum atomic E-state index is 12.3. The van der Waals surface area contributed by atoms with Crippen LogP contribution in [0.15, 0.2) is 33.9 Å². The Bertz CT molecular complexity index is 614. The summed E-state index contributed by atoms with van der Waals surface area (Å²) in [6, 6.07) is 4.93. The number of nitrogens with zero attached hydrogens (tertiary/aromatic N) is 2. The van der Waals surface area contributed by atoms with Gasteiger partial charge >= 0.3 is 0 Å². The van der Waals surface area contributed by atoms with Crippen molar-refractivity contribution in [1.29, 1.82) is 0 Å². The summed E-state index contributed by atoms with van der Waals surface area (Å²) in [5.74, 6) is 0. The molecular formula is C11H14N2O3S. The van der Waals surface area contributed by atoms with Crippen LogP contribution in [0, 0.1) is 0 Å². The fraction of sp³-hybridized carbons (Fsp3) is 0.364. The Hall–Kier alpha value is -1.40. The van der Waals surface area contributed by atoms with E-state index in [9.17, 15) is 8.42 Å². The largest absolute Gasteiger partial charge is 0.442 e. The molecule has 0 aliphatic heterocycles. The van der Waals surface area contributed by atoms with E-state index in [1.54, 1.807) is 18.2 Å². The average Bonchev–Trinajstić information content (AvgIpc) is 2.77. The molecule has 0 fully saturated rings. The highest BCUT2D eigenvalue weighted by atomic mass is 32.2. The summed E-state index contributed by atoms with van der Waals surface area (Å²) >= 11 is 0. The van der Waals surface area contributed by atoms with E-state index >= 15 is 0 Å². The molecule has 2 rings (SSSR count). The molecule has 0 aliphatic carbocycles. The van der Waals surface area contributed by atoms with Gasteiger partial charge in [0.1, 0.15) is 10.4 Å². The predicted molar refractivity (Wildman–Crippen MR) is 64.1 cm³/mol. The Kier molecular flexibility index (Phi) is 3.17. The topological polar surface area (TPSA) is 63.4 Å². The van der Waals surface area contributed by atoms with Crippen molar-refractivity contribution in [3.63, 3.8) is 0 Å². The second kappa shape index (κ2) is 4.46. The van der Waals surface area contributed by atoms with E-state index in [2.05, 4.69) is 4.98 Å². The third kappa shape index (κ3) is 1.94. The van der Waals surface area contributed by atoms with Crippen molar-refractivity contribution in [2.24, 2.45) is 0 Å². The monoisotopic (exact) mass is 254 g/mol. The van der Waals surface area contributed by atoms with Crippen molar-refractivity contribution in [2.45, 2.75) is 18.7 Å². The Balaban J connectivity index is 2.64. The lowest BCUT2D eigenvalue weighted by molar-refractivity contribution is 0.444. The molecule has 0 aliphatic rings. The first-order valence-corrected chi connectivity index (χ1v) is 6.87. The van der Waals surface area contributed by atoms with E-state index in [0.29, 0.717) is 24.2 Å². The van der Waals surface area contributed by atoms with Crippen molar-refractivity contribution in [3.8, 4) is 0 Å². The van der Waals surface area contributed by atoms with Gasteiger partial charge in [0, 0.05) is 13.1 Å². The average molecular weight is 254 g/mol. The van der Waals surface area contributed by atoms with Gasteiger partial charge < -0.3 is 4.42 Å². The molecule has 0 radical (unpaired) electrons. The summed E-state index contributed by atoms with van der Waals surface area (Å²) in [6.07, 6.45) is 1.26. The molecule has 0 saturated heterocycles. The first-order chi connectivity index (χ1) is 8.11. The molecule has 0 spiro atoms. The molecule has 1 aromatic carbocycles. The molecular weight excluding hydrogens is 240 g/mol. The Morgan fingerprint density at radius 1 is 1.29 bits per heavy atom. The van der Waals surface area contributed by atoms with E-state index < -0.39 is 10.0 Å². The molecule has 5 nitrogen and oxygen atoms in total. The normalized spacial score (nSPS) is 12.4. The van der Waals surface area contributed by atoms with Gasteiger partial charge in [-0.15, -0.1) is 0 Å². The lowest BCUT2D eigenvalue weighted by Crippen LogP contribution is -2.30. The highest BCUT2D eigenvalue weighted by molar-refractivity contribution is 7.89. The SMILES string of the molecule is CCN(CC)S(=O)(=O)c1cccc2ncoc12. The molecule has 0 N–H and O–H groups in total. The molecule has 0 amide bonds. The number of hydrogen-bond donors (Lipinski definition) is 0. The third-order valence-corrected chi connectivity index (χ3v) is 4.72. The zero-order valence-electron chi connectivity index (χ0n) is 9.75. The van der Waals surface area contributed by atoms with Gasteiger partial charge in [0.25, 0.3) is 0 Å². The molecule has 92 valence electrons. The molecule has 1 aromatic heterocycles. The second-order valence-corrected chi connectivity index (χ2v) is 5.45. The lowest BCUT2D eigenvalue weighted by Gasteiger charge is -2.18. The van der Waals surface area contributed by atoms with Gasteiger partial charge in [-0.05, 0) is 12.1 Å². The summed E-state index contributed by atoms with van der Waals surface area (Å²) in [5, 5.41) is 0. The summed E-state index contributed by atoms with van der Waals surface area (Å²) in [7, 11) is -3.50.